The van der Waals surface area contributed by atoms with Crippen LogP contribution in [0.4, 0.5) is 0 Å². The van der Waals surface area contributed by atoms with E-state index in [0.29, 0.717) is 5.76 Å². The SMILES string of the molecule is Cc1c(C(NC(=O)C(C)S(C)(=O)=O)C(C)C)oc2ccccc12. The maximum Gasteiger partial charge on any atom is 0.238 e. The average molecular weight is 337 g/mol. The van der Waals surface area contributed by atoms with Gasteiger partial charge in [-0.2, -0.15) is 0 Å². The third kappa shape index (κ3) is 3.58. The summed E-state index contributed by atoms with van der Waals surface area (Å²) in [6.07, 6.45) is 1.06. The van der Waals surface area contributed by atoms with E-state index in [1.165, 1.54) is 6.92 Å². The normalized spacial score (nSPS) is 14.9. The summed E-state index contributed by atoms with van der Waals surface area (Å²) in [6.45, 7) is 7.27. The van der Waals surface area contributed by atoms with Crippen molar-refractivity contribution in [2.45, 2.75) is 39.0 Å². The Bertz CT molecular complexity index is 820. The van der Waals surface area contributed by atoms with Crippen molar-refractivity contribution in [2.75, 3.05) is 6.26 Å². The van der Waals surface area contributed by atoms with Crippen molar-refractivity contribution < 1.29 is 17.6 Å². The average Bonchev–Trinajstić information content (AvgIpc) is 2.80. The fourth-order valence-electron chi connectivity index (χ4n) is 2.49. The van der Waals surface area contributed by atoms with Crippen LogP contribution >= 0.6 is 0 Å². The first-order valence-electron chi connectivity index (χ1n) is 7.60. The molecule has 0 spiro atoms. The number of benzene rings is 1. The van der Waals surface area contributed by atoms with E-state index in [-0.39, 0.29) is 12.0 Å². The number of nitrogens with one attached hydrogen (secondary N) is 1. The molecule has 2 unspecified atom stereocenters. The van der Waals surface area contributed by atoms with Crippen LogP contribution in [-0.2, 0) is 14.6 Å². The lowest BCUT2D eigenvalue weighted by Crippen LogP contribution is -2.41. The molecular formula is C17H23NO4S. The third-order valence-corrected chi connectivity index (χ3v) is 5.64. The molecule has 1 aromatic carbocycles. The van der Waals surface area contributed by atoms with Crippen LogP contribution in [0.1, 0.15) is 38.1 Å². The van der Waals surface area contributed by atoms with Crippen LogP contribution in [-0.4, -0.2) is 25.8 Å². The summed E-state index contributed by atoms with van der Waals surface area (Å²) >= 11 is 0. The van der Waals surface area contributed by atoms with Gasteiger partial charge in [0.2, 0.25) is 5.91 Å². The van der Waals surface area contributed by atoms with Crippen LogP contribution in [0.5, 0.6) is 0 Å². The van der Waals surface area contributed by atoms with Gasteiger partial charge in [0.25, 0.3) is 0 Å². The Morgan fingerprint density at radius 1 is 1.17 bits per heavy atom. The Morgan fingerprint density at radius 2 is 1.78 bits per heavy atom. The summed E-state index contributed by atoms with van der Waals surface area (Å²) < 4.78 is 29.1. The van der Waals surface area contributed by atoms with Crippen LogP contribution < -0.4 is 5.32 Å². The molecule has 0 fully saturated rings. The predicted molar refractivity (Wildman–Crippen MR) is 91.0 cm³/mol. The topological polar surface area (TPSA) is 76.4 Å². The van der Waals surface area contributed by atoms with E-state index in [9.17, 15) is 13.2 Å². The van der Waals surface area contributed by atoms with E-state index in [1.807, 2.05) is 45.0 Å². The summed E-state index contributed by atoms with van der Waals surface area (Å²) in [5, 5.41) is 2.74. The summed E-state index contributed by atoms with van der Waals surface area (Å²) in [6, 6.07) is 7.30. The Balaban J connectivity index is 2.38. The lowest BCUT2D eigenvalue weighted by atomic mass is 9.98. The van der Waals surface area contributed by atoms with E-state index < -0.39 is 21.0 Å². The van der Waals surface area contributed by atoms with Crippen molar-refractivity contribution in [3.8, 4) is 0 Å². The van der Waals surface area contributed by atoms with E-state index in [1.54, 1.807) is 0 Å². The van der Waals surface area contributed by atoms with E-state index in [4.69, 9.17) is 4.42 Å². The molecule has 1 N–H and O–H groups in total. The molecule has 5 nitrogen and oxygen atoms in total. The Morgan fingerprint density at radius 3 is 2.30 bits per heavy atom. The van der Waals surface area contributed by atoms with Crippen molar-refractivity contribution in [1.29, 1.82) is 0 Å². The predicted octanol–water partition coefficient (Wildman–Crippen LogP) is 2.99. The summed E-state index contributed by atoms with van der Waals surface area (Å²) in [5.74, 6) is 0.228. The number of amides is 1. The minimum Gasteiger partial charge on any atom is -0.459 e. The second-order valence-electron chi connectivity index (χ2n) is 6.29. The van der Waals surface area contributed by atoms with Gasteiger partial charge in [0.15, 0.2) is 9.84 Å². The number of aryl methyl sites for hydroxylation is 1. The number of hydrogen-bond donors (Lipinski definition) is 1. The minimum atomic E-state index is -3.43. The first kappa shape index (κ1) is 17.5. The fourth-order valence-corrected chi connectivity index (χ4v) is 2.95. The van der Waals surface area contributed by atoms with Gasteiger partial charge in [-0.05, 0) is 25.8 Å². The molecule has 0 saturated carbocycles. The van der Waals surface area contributed by atoms with E-state index in [0.717, 1.165) is 22.8 Å². The number of furan rings is 1. The number of rotatable bonds is 5. The largest absolute Gasteiger partial charge is 0.459 e. The molecule has 1 aromatic heterocycles. The third-order valence-electron chi connectivity index (χ3n) is 4.14. The van der Waals surface area contributed by atoms with Gasteiger partial charge in [0.1, 0.15) is 16.6 Å². The molecule has 0 aliphatic carbocycles. The molecule has 2 aromatic rings. The van der Waals surface area contributed by atoms with Crippen LogP contribution in [0, 0.1) is 12.8 Å². The first-order valence-corrected chi connectivity index (χ1v) is 9.55. The zero-order valence-electron chi connectivity index (χ0n) is 14.1. The van der Waals surface area contributed by atoms with Crippen LogP contribution in [0.25, 0.3) is 11.0 Å². The molecule has 2 atom stereocenters. The Kier molecular flexibility index (Phi) is 4.84. The van der Waals surface area contributed by atoms with E-state index in [2.05, 4.69) is 5.32 Å². The molecule has 1 amide bonds. The van der Waals surface area contributed by atoms with Gasteiger partial charge in [-0.15, -0.1) is 0 Å². The Hall–Kier alpha value is -1.82. The van der Waals surface area contributed by atoms with Crippen molar-refractivity contribution in [3.63, 3.8) is 0 Å². The zero-order chi connectivity index (χ0) is 17.4. The highest BCUT2D eigenvalue weighted by Gasteiger charge is 2.30. The number of hydrogen-bond acceptors (Lipinski definition) is 4. The van der Waals surface area contributed by atoms with Crippen LogP contribution in [0.3, 0.4) is 0 Å². The van der Waals surface area contributed by atoms with Crippen LogP contribution in [0.15, 0.2) is 28.7 Å². The van der Waals surface area contributed by atoms with Gasteiger partial charge in [-0.1, -0.05) is 32.0 Å². The standard InChI is InChI=1S/C17H23NO4S/c1-10(2)15(18-17(19)12(4)23(5,20)21)16-11(3)13-8-6-7-9-14(13)22-16/h6-10,12,15H,1-5H3,(H,18,19). The highest BCUT2D eigenvalue weighted by molar-refractivity contribution is 7.92. The van der Waals surface area contributed by atoms with Crippen molar-refractivity contribution >= 4 is 26.7 Å². The molecule has 0 radical (unpaired) electrons. The second kappa shape index (κ2) is 6.35. The molecule has 1 heterocycles. The van der Waals surface area contributed by atoms with Gasteiger partial charge >= 0.3 is 0 Å². The monoisotopic (exact) mass is 337 g/mol. The van der Waals surface area contributed by atoms with Crippen molar-refractivity contribution in [1.82, 2.24) is 5.32 Å². The summed E-state index contributed by atoms with van der Waals surface area (Å²) in [5.41, 5.74) is 1.72. The number of carbonyl (C=O) groups excluding carboxylic acids is 1. The lowest BCUT2D eigenvalue weighted by Gasteiger charge is -2.22. The molecule has 6 heteroatoms. The van der Waals surface area contributed by atoms with Crippen LogP contribution in [0.2, 0.25) is 0 Å². The maximum absolute atomic E-state index is 12.3. The fraction of sp³-hybridized carbons (Fsp3) is 0.471. The van der Waals surface area contributed by atoms with Gasteiger partial charge in [-0.3, -0.25) is 4.79 Å². The minimum absolute atomic E-state index is 0.0602. The van der Waals surface area contributed by atoms with Gasteiger partial charge in [0, 0.05) is 17.2 Å². The molecule has 126 valence electrons. The summed E-state index contributed by atoms with van der Waals surface area (Å²) in [7, 11) is -3.43. The smallest absolute Gasteiger partial charge is 0.238 e. The second-order valence-corrected chi connectivity index (χ2v) is 8.66. The van der Waals surface area contributed by atoms with Crippen molar-refractivity contribution in [3.05, 3.63) is 35.6 Å². The molecule has 0 aliphatic heterocycles. The summed E-state index contributed by atoms with van der Waals surface area (Å²) in [4.78, 5) is 12.3. The molecule has 0 aliphatic rings. The highest BCUT2D eigenvalue weighted by atomic mass is 32.2. The van der Waals surface area contributed by atoms with E-state index >= 15 is 0 Å². The lowest BCUT2D eigenvalue weighted by molar-refractivity contribution is -0.121. The maximum atomic E-state index is 12.3. The van der Waals surface area contributed by atoms with Gasteiger partial charge < -0.3 is 9.73 Å². The number of sulfone groups is 1. The van der Waals surface area contributed by atoms with Gasteiger partial charge in [0.05, 0.1) is 6.04 Å². The molecule has 0 bridgehead atoms. The molecule has 2 rings (SSSR count). The van der Waals surface area contributed by atoms with Gasteiger partial charge in [-0.25, -0.2) is 8.42 Å². The number of fused-ring (bicyclic) bond motifs is 1. The highest BCUT2D eigenvalue weighted by Crippen LogP contribution is 2.32. The number of carbonyl (C=O) groups is 1. The quantitative estimate of drug-likeness (QED) is 0.910. The first-order chi connectivity index (χ1) is 10.6. The zero-order valence-corrected chi connectivity index (χ0v) is 14.9. The molecule has 0 saturated heterocycles. The number of para-hydroxylation sites is 1. The molecular weight excluding hydrogens is 314 g/mol. The molecule has 23 heavy (non-hydrogen) atoms. The van der Waals surface area contributed by atoms with Crippen molar-refractivity contribution in [2.24, 2.45) is 5.92 Å². The Labute approximate surface area is 137 Å².